The maximum Gasteiger partial charge on any atom is 0.263 e. The number of carbonyl (C=O) groups is 1. The first-order valence-electron chi connectivity index (χ1n) is 8.82. The lowest BCUT2D eigenvalue weighted by atomic mass is 10.2. The number of thioether (sulfide) groups is 1. The van der Waals surface area contributed by atoms with Crippen molar-refractivity contribution in [2.75, 3.05) is 12.8 Å². The van der Waals surface area contributed by atoms with E-state index in [2.05, 4.69) is 38.9 Å². The summed E-state index contributed by atoms with van der Waals surface area (Å²) in [4.78, 5) is 18.4. The molecule has 0 aliphatic carbocycles. The van der Waals surface area contributed by atoms with Crippen LogP contribution < -0.4 is 5.32 Å². The monoisotopic (exact) mass is 421 g/mol. The Morgan fingerprint density at radius 1 is 1.37 bits per heavy atom. The van der Waals surface area contributed by atoms with Crippen LogP contribution in [0.5, 0.6) is 0 Å². The summed E-state index contributed by atoms with van der Waals surface area (Å²) in [5.74, 6) is 1.46. The van der Waals surface area contributed by atoms with Crippen molar-refractivity contribution in [2.45, 2.75) is 38.4 Å². The molecule has 0 aromatic carbocycles. The van der Waals surface area contributed by atoms with Gasteiger partial charge in [0.25, 0.3) is 5.91 Å². The molecule has 27 heavy (non-hydrogen) atoms. The molecule has 1 amide bonds. The zero-order valence-electron chi connectivity index (χ0n) is 15.6. The highest BCUT2D eigenvalue weighted by Gasteiger charge is 2.14. The molecule has 144 valence electrons. The minimum Gasteiger partial charge on any atom is -0.351 e. The maximum atomic E-state index is 12.3. The predicted octanol–water partition coefficient (Wildman–Crippen LogP) is 4.20. The molecule has 0 unspecified atom stereocenters. The summed E-state index contributed by atoms with van der Waals surface area (Å²) in [6.07, 6.45) is 5.29. The molecule has 0 fully saturated rings. The van der Waals surface area contributed by atoms with Gasteiger partial charge in [-0.2, -0.15) is 0 Å². The molecule has 0 saturated carbocycles. The Labute approximate surface area is 171 Å². The molecule has 9 heteroatoms. The van der Waals surface area contributed by atoms with Crippen molar-refractivity contribution >= 4 is 40.3 Å². The van der Waals surface area contributed by atoms with E-state index in [-0.39, 0.29) is 5.91 Å². The van der Waals surface area contributed by atoms with Crippen LogP contribution in [-0.4, -0.2) is 38.5 Å². The first-order valence-corrected chi connectivity index (χ1v) is 11.7. The van der Waals surface area contributed by atoms with Crippen molar-refractivity contribution in [3.8, 4) is 9.88 Å². The summed E-state index contributed by atoms with van der Waals surface area (Å²) in [5, 5.41) is 15.4. The highest BCUT2D eigenvalue weighted by Crippen LogP contribution is 2.28. The van der Waals surface area contributed by atoms with Crippen LogP contribution in [0.3, 0.4) is 0 Å². The molecule has 0 bridgehead atoms. The van der Waals surface area contributed by atoms with Gasteiger partial charge in [0.15, 0.2) is 5.16 Å². The zero-order valence-corrected chi connectivity index (χ0v) is 18.1. The van der Waals surface area contributed by atoms with E-state index >= 15 is 0 Å². The fraction of sp³-hybridized carbons (Fsp3) is 0.444. The van der Waals surface area contributed by atoms with Gasteiger partial charge in [-0.05, 0) is 30.0 Å². The van der Waals surface area contributed by atoms with E-state index in [9.17, 15) is 4.79 Å². The van der Waals surface area contributed by atoms with Gasteiger partial charge < -0.3 is 9.88 Å². The van der Waals surface area contributed by atoms with E-state index in [0.717, 1.165) is 40.3 Å². The average molecular weight is 422 g/mol. The number of rotatable bonds is 9. The van der Waals surface area contributed by atoms with Gasteiger partial charge >= 0.3 is 0 Å². The molecular formula is C18H23N5OS3. The van der Waals surface area contributed by atoms with E-state index in [1.807, 2.05) is 23.8 Å². The van der Waals surface area contributed by atoms with Crippen LogP contribution in [-0.2, 0) is 13.0 Å². The van der Waals surface area contributed by atoms with Crippen LogP contribution in [0.2, 0.25) is 0 Å². The maximum absolute atomic E-state index is 12.3. The van der Waals surface area contributed by atoms with E-state index in [4.69, 9.17) is 0 Å². The molecule has 3 aromatic rings. The van der Waals surface area contributed by atoms with Crippen LogP contribution >= 0.6 is 34.4 Å². The Morgan fingerprint density at radius 2 is 2.22 bits per heavy atom. The number of amides is 1. The molecule has 0 aliphatic rings. The number of nitrogens with zero attached hydrogens (tertiary/aromatic N) is 4. The highest BCUT2D eigenvalue weighted by atomic mass is 32.2. The van der Waals surface area contributed by atoms with Gasteiger partial charge in [0.1, 0.15) is 15.7 Å². The van der Waals surface area contributed by atoms with Crippen LogP contribution in [0.4, 0.5) is 0 Å². The van der Waals surface area contributed by atoms with Crippen LogP contribution in [0.25, 0.3) is 9.88 Å². The van der Waals surface area contributed by atoms with E-state index < -0.39 is 0 Å². The molecule has 0 spiro atoms. The third-order valence-corrected chi connectivity index (χ3v) is 6.55. The SMILES string of the molecule is CSc1nnc(CCCNC(=O)c2cnc(-c3cccs3)s2)n1CC(C)C. The second kappa shape index (κ2) is 9.48. The topological polar surface area (TPSA) is 72.7 Å². The first kappa shape index (κ1) is 20.0. The number of thiazole rings is 1. The Kier molecular flexibility index (Phi) is 7.03. The second-order valence-electron chi connectivity index (χ2n) is 6.47. The Balaban J connectivity index is 1.50. The molecule has 0 saturated heterocycles. The lowest BCUT2D eigenvalue weighted by molar-refractivity contribution is 0.0957. The number of nitrogens with one attached hydrogen (secondary N) is 1. The molecule has 1 N–H and O–H groups in total. The summed E-state index contributed by atoms with van der Waals surface area (Å²) >= 11 is 4.67. The number of thiophene rings is 1. The van der Waals surface area contributed by atoms with Crippen molar-refractivity contribution in [3.05, 3.63) is 34.4 Å². The Morgan fingerprint density at radius 3 is 2.93 bits per heavy atom. The number of aryl methyl sites for hydroxylation is 1. The molecule has 6 nitrogen and oxygen atoms in total. The van der Waals surface area contributed by atoms with Crippen molar-refractivity contribution in [1.29, 1.82) is 0 Å². The highest BCUT2D eigenvalue weighted by molar-refractivity contribution is 7.98. The normalized spacial score (nSPS) is 11.3. The van der Waals surface area contributed by atoms with Gasteiger partial charge in [0.2, 0.25) is 0 Å². The predicted molar refractivity (Wildman–Crippen MR) is 113 cm³/mol. The molecular weight excluding hydrogens is 398 g/mol. The summed E-state index contributed by atoms with van der Waals surface area (Å²) in [7, 11) is 0. The number of carbonyl (C=O) groups excluding carboxylic acids is 1. The van der Waals surface area contributed by atoms with E-state index in [1.54, 1.807) is 29.3 Å². The van der Waals surface area contributed by atoms with Crippen LogP contribution in [0, 0.1) is 5.92 Å². The summed E-state index contributed by atoms with van der Waals surface area (Å²) in [5.41, 5.74) is 0. The summed E-state index contributed by atoms with van der Waals surface area (Å²) in [6, 6.07) is 4.00. The fourth-order valence-electron chi connectivity index (χ4n) is 2.63. The Hall–Kier alpha value is -1.71. The van der Waals surface area contributed by atoms with Crippen molar-refractivity contribution in [3.63, 3.8) is 0 Å². The minimum atomic E-state index is -0.0660. The Bertz CT molecular complexity index is 870. The minimum absolute atomic E-state index is 0.0660. The third kappa shape index (κ3) is 5.18. The molecule has 3 heterocycles. The van der Waals surface area contributed by atoms with E-state index in [0.29, 0.717) is 17.3 Å². The molecule has 0 atom stereocenters. The quantitative estimate of drug-likeness (QED) is 0.414. The second-order valence-corrected chi connectivity index (χ2v) is 9.23. The standard InChI is InChI=1S/C18H23N5OS3/c1-12(2)11-23-15(21-22-18(23)25-3)7-4-8-19-16(24)14-10-20-17(27-14)13-6-5-9-26-13/h5-6,9-10,12H,4,7-8,11H2,1-3H3,(H,19,24). The lowest BCUT2D eigenvalue weighted by Crippen LogP contribution is -2.24. The fourth-order valence-corrected chi connectivity index (χ4v) is 4.79. The van der Waals surface area contributed by atoms with Gasteiger partial charge in [-0.15, -0.1) is 32.9 Å². The molecule has 0 aliphatic heterocycles. The number of aromatic nitrogens is 4. The van der Waals surface area contributed by atoms with Gasteiger partial charge in [-0.3, -0.25) is 4.79 Å². The smallest absolute Gasteiger partial charge is 0.263 e. The summed E-state index contributed by atoms with van der Waals surface area (Å²) in [6.45, 7) is 5.90. The van der Waals surface area contributed by atoms with Gasteiger partial charge in [0.05, 0.1) is 11.1 Å². The third-order valence-electron chi connectivity index (χ3n) is 3.85. The van der Waals surface area contributed by atoms with Gasteiger partial charge in [0, 0.05) is 19.5 Å². The molecule has 3 aromatic heterocycles. The number of hydrogen-bond donors (Lipinski definition) is 1. The van der Waals surface area contributed by atoms with Gasteiger partial charge in [-0.1, -0.05) is 31.7 Å². The van der Waals surface area contributed by atoms with Crippen LogP contribution in [0.15, 0.2) is 28.9 Å². The molecule has 3 rings (SSSR count). The van der Waals surface area contributed by atoms with Gasteiger partial charge in [-0.25, -0.2) is 4.98 Å². The first-order chi connectivity index (χ1) is 13.1. The summed E-state index contributed by atoms with van der Waals surface area (Å²) < 4.78 is 2.19. The van der Waals surface area contributed by atoms with Crippen molar-refractivity contribution in [2.24, 2.45) is 5.92 Å². The molecule has 0 radical (unpaired) electrons. The van der Waals surface area contributed by atoms with E-state index in [1.165, 1.54) is 11.3 Å². The van der Waals surface area contributed by atoms with Crippen LogP contribution in [0.1, 0.15) is 35.8 Å². The lowest BCUT2D eigenvalue weighted by Gasteiger charge is -2.11. The average Bonchev–Trinajstić information content (AvgIpc) is 3.38. The van der Waals surface area contributed by atoms with Crippen molar-refractivity contribution in [1.82, 2.24) is 25.1 Å². The largest absolute Gasteiger partial charge is 0.351 e. The number of hydrogen-bond acceptors (Lipinski definition) is 7. The van der Waals surface area contributed by atoms with Crippen molar-refractivity contribution < 1.29 is 4.79 Å². The zero-order chi connectivity index (χ0) is 19.2.